The molecule has 0 saturated carbocycles. The van der Waals surface area contributed by atoms with Crippen molar-refractivity contribution < 1.29 is 10.8 Å². The van der Waals surface area contributed by atoms with Crippen LogP contribution in [0.25, 0.3) is 0 Å². The van der Waals surface area contributed by atoms with Gasteiger partial charge in [0.25, 0.3) is 0 Å². The molecule has 0 bridgehead atoms. The molecule has 1 unspecified atom stereocenters. The fourth-order valence-corrected chi connectivity index (χ4v) is 1.87. The molecule has 1 aromatic carbocycles. The first kappa shape index (κ1) is 12.5. The summed E-state index contributed by atoms with van der Waals surface area (Å²) < 4.78 is 0. The Morgan fingerprint density at radius 1 is 1.44 bits per heavy atom. The molecule has 0 fully saturated rings. The summed E-state index contributed by atoms with van der Waals surface area (Å²) in [5.41, 5.74) is 18.7. The van der Waals surface area contributed by atoms with Crippen molar-refractivity contribution >= 4 is 5.69 Å². The van der Waals surface area contributed by atoms with E-state index in [-0.39, 0.29) is 11.8 Å². The SMILES string of the molecule is NC1=CCC(N)C(NCc2ccc([NH3+])cc2O)=C1. The lowest BCUT2D eigenvalue weighted by atomic mass is 10.0. The second-order valence-electron chi connectivity index (χ2n) is 4.46. The average molecular weight is 247 g/mol. The summed E-state index contributed by atoms with van der Waals surface area (Å²) in [5, 5.41) is 13.0. The molecule has 18 heavy (non-hydrogen) atoms. The highest BCUT2D eigenvalue weighted by Crippen LogP contribution is 2.20. The summed E-state index contributed by atoms with van der Waals surface area (Å²) in [6.45, 7) is 0.513. The van der Waals surface area contributed by atoms with E-state index >= 15 is 0 Å². The molecule has 1 aliphatic carbocycles. The Labute approximate surface area is 106 Å². The van der Waals surface area contributed by atoms with Crippen LogP contribution in [0.5, 0.6) is 5.75 Å². The first-order valence-corrected chi connectivity index (χ1v) is 5.87. The molecule has 0 spiro atoms. The van der Waals surface area contributed by atoms with Crippen molar-refractivity contribution in [3.8, 4) is 5.75 Å². The van der Waals surface area contributed by atoms with Gasteiger partial charge in [0.1, 0.15) is 11.4 Å². The van der Waals surface area contributed by atoms with Gasteiger partial charge in [-0.15, -0.1) is 0 Å². The van der Waals surface area contributed by atoms with Gasteiger partial charge in [0.15, 0.2) is 0 Å². The Morgan fingerprint density at radius 3 is 2.94 bits per heavy atom. The number of phenols is 1. The van der Waals surface area contributed by atoms with Crippen LogP contribution in [0.1, 0.15) is 12.0 Å². The van der Waals surface area contributed by atoms with E-state index < -0.39 is 0 Å². The van der Waals surface area contributed by atoms with Crippen LogP contribution < -0.4 is 22.5 Å². The van der Waals surface area contributed by atoms with Crippen molar-refractivity contribution in [1.82, 2.24) is 5.32 Å². The Morgan fingerprint density at radius 2 is 2.22 bits per heavy atom. The highest BCUT2D eigenvalue weighted by molar-refractivity contribution is 5.42. The maximum Gasteiger partial charge on any atom is 0.131 e. The summed E-state index contributed by atoms with van der Waals surface area (Å²) in [7, 11) is 0. The molecule has 0 saturated heterocycles. The highest BCUT2D eigenvalue weighted by atomic mass is 16.3. The minimum absolute atomic E-state index is 0.0634. The first-order chi connectivity index (χ1) is 8.56. The Hall–Kier alpha value is -1.98. The summed E-state index contributed by atoms with van der Waals surface area (Å²) in [5.74, 6) is 0.239. The third-order valence-electron chi connectivity index (χ3n) is 2.96. The molecule has 0 radical (unpaired) electrons. The maximum atomic E-state index is 9.77. The molecule has 1 atom stereocenters. The summed E-state index contributed by atoms with van der Waals surface area (Å²) in [4.78, 5) is 0. The van der Waals surface area contributed by atoms with Crippen molar-refractivity contribution in [2.75, 3.05) is 0 Å². The summed E-state index contributed by atoms with van der Waals surface area (Å²) >= 11 is 0. The van der Waals surface area contributed by atoms with Crippen LogP contribution in [0.3, 0.4) is 0 Å². The van der Waals surface area contributed by atoms with Gasteiger partial charge >= 0.3 is 0 Å². The van der Waals surface area contributed by atoms with Gasteiger partial charge in [-0.3, -0.25) is 0 Å². The molecule has 5 heteroatoms. The van der Waals surface area contributed by atoms with Crippen molar-refractivity contribution in [1.29, 1.82) is 0 Å². The number of nitrogens with two attached hydrogens (primary N) is 2. The van der Waals surface area contributed by atoms with E-state index in [9.17, 15) is 5.11 Å². The van der Waals surface area contributed by atoms with E-state index in [1.807, 2.05) is 24.3 Å². The number of quaternary nitrogens is 1. The van der Waals surface area contributed by atoms with Crippen molar-refractivity contribution in [2.45, 2.75) is 19.0 Å². The van der Waals surface area contributed by atoms with Crippen LogP contribution in [0, 0.1) is 0 Å². The number of hydrogen-bond donors (Lipinski definition) is 5. The van der Waals surface area contributed by atoms with E-state index in [0.717, 1.165) is 29.1 Å². The molecule has 5 nitrogen and oxygen atoms in total. The number of benzene rings is 1. The number of aromatic hydroxyl groups is 1. The lowest BCUT2D eigenvalue weighted by Gasteiger charge is -2.20. The Balaban J connectivity index is 2.05. The summed E-state index contributed by atoms with van der Waals surface area (Å²) in [6.07, 6.45) is 4.47. The van der Waals surface area contributed by atoms with Crippen molar-refractivity contribution in [3.63, 3.8) is 0 Å². The fraction of sp³-hybridized carbons (Fsp3) is 0.231. The quantitative estimate of drug-likeness (QED) is 0.509. The van der Waals surface area contributed by atoms with Gasteiger partial charge in [-0.05, 0) is 24.6 Å². The minimum atomic E-state index is -0.0634. The van der Waals surface area contributed by atoms with Crippen molar-refractivity contribution in [2.24, 2.45) is 11.5 Å². The van der Waals surface area contributed by atoms with Gasteiger partial charge in [0.05, 0.1) is 0 Å². The molecular weight excluding hydrogens is 228 g/mol. The number of nitrogens with one attached hydrogen (secondary N) is 1. The van der Waals surface area contributed by atoms with Crippen LogP contribution >= 0.6 is 0 Å². The molecule has 9 N–H and O–H groups in total. The monoisotopic (exact) mass is 247 g/mol. The van der Waals surface area contributed by atoms with E-state index in [1.54, 1.807) is 6.07 Å². The van der Waals surface area contributed by atoms with Gasteiger partial charge < -0.3 is 27.6 Å². The van der Waals surface area contributed by atoms with Crippen LogP contribution in [0.15, 0.2) is 41.7 Å². The third-order valence-corrected chi connectivity index (χ3v) is 2.96. The molecule has 0 aromatic heterocycles. The zero-order valence-corrected chi connectivity index (χ0v) is 10.2. The summed E-state index contributed by atoms with van der Waals surface area (Å²) in [6, 6.07) is 5.28. The number of rotatable bonds is 3. The molecule has 96 valence electrons. The number of hydrogen-bond acceptors (Lipinski definition) is 4. The van der Waals surface area contributed by atoms with E-state index in [4.69, 9.17) is 11.5 Å². The minimum Gasteiger partial charge on any atom is -0.507 e. The second-order valence-corrected chi connectivity index (χ2v) is 4.46. The first-order valence-electron chi connectivity index (χ1n) is 5.87. The smallest absolute Gasteiger partial charge is 0.131 e. The largest absolute Gasteiger partial charge is 0.507 e. The van der Waals surface area contributed by atoms with E-state index in [2.05, 4.69) is 11.1 Å². The van der Waals surface area contributed by atoms with Gasteiger partial charge in [-0.2, -0.15) is 0 Å². The predicted octanol–water partition coefficient (Wildman–Crippen LogP) is -0.187. The number of allylic oxidation sites excluding steroid dienone is 1. The molecule has 0 aliphatic heterocycles. The predicted molar refractivity (Wildman–Crippen MR) is 70.4 cm³/mol. The van der Waals surface area contributed by atoms with Crippen LogP contribution in [-0.2, 0) is 6.54 Å². The van der Waals surface area contributed by atoms with Gasteiger partial charge in [0, 0.05) is 35.6 Å². The van der Waals surface area contributed by atoms with Gasteiger partial charge in [0.2, 0.25) is 0 Å². The molecule has 1 aromatic rings. The average Bonchev–Trinajstić information content (AvgIpc) is 2.32. The molecule has 1 aliphatic rings. The lowest BCUT2D eigenvalue weighted by molar-refractivity contribution is -0.254. The van der Waals surface area contributed by atoms with Crippen molar-refractivity contribution in [3.05, 3.63) is 47.3 Å². The van der Waals surface area contributed by atoms with Gasteiger partial charge in [-0.1, -0.05) is 6.08 Å². The second kappa shape index (κ2) is 5.12. The molecule has 0 amide bonds. The standard InChI is InChI=1S/C13H18N4O/c14-9-3-4-11(16)12(5-9)17-7-8-1-2-10(15)6-13(8)18/h1-3,5-6,11,17-18H,4,7,14-16H2/p+1. The lowest BCUT2D eigenvalue weighted by Crippen LogP contribution is -2.40. The van der Waals surface area contributed by atoms with Crippen LogP contribution in [-0.4, -0.2) is 11.1 Å². The zero-order valence-electron chi connectivity index (χ0n) is 10.2. The highest BCUT2D eigenvalue weighted by Gasteiger charge is 2.13. The van der Waals surface area contributed by atoms with E-state index in [1.165, 1.54) is 0 Å². The van der Waals surface area contributed by atoms with E-state index in [0.29, 0.717) is 6.54 Å². The van der Waals surface area contributed by atoms with Gasteiger partial charge in [-0.25, -0.2) is 0 Å². The molecular formula is C13H19N4O+. The Bertz CT molecular complexity index is 508. The topological polar surface area (TPSA) is 112 Å². The molecule has 2 rings (SSSR count). The normalized spacial score (nSPS) is 19.1. The van der Waals surface area contributed by atoms with Crippen LogP contribution in [0.4, 0.5) is 5.69 Å². The fourth-order valence-electron chi connectivity index (χ4n) is 1.87. The third kappa shape index (κ3) is 2.82. The Kier molecular flexibility index (Phi) is 3.55. The maximum absolute atomic E-state index is 9.77. The molecule has 0 heterocycles. The zero-order chi connectivity index (χ0) is 13.1. The number of phenolic OH excluding ortho intramolecular Hbond substituents is 1. The van der Waals surface area contributed by atoms with Crippen LogP contribution in [0.2, 0.25) is 0 Å².